The third-order valence-corrected chi connectivity index (χ3v) is 5.67. The van der Waals surface area contributed by atoms with Gasteiger partial charge in [0.15, 0.2) is 0 Å². The fraction of sp³-hybridized carbons (Fsp3) is 0.750. The quantitative estimate of drug-likeness (QED) is 0.325. The first-order valence-corrected chi connectivity index (χ1v) is 11.0. The summed E-state index contributed by atoms with van der Waals surface area (Å²) in [4.78, 5) is 0. The van der Waals surface area contributed by atoms with Crippen molar-refractivity contribution in [1.82, 2.24) is 0 Å². The van der Waals surface area contributed by atoms with Crippen molar-refractivity contribution in [2.24, 2.45) is 5.73 Å². The second-order valence-corrected chi connectivity index (χ2v) is 7.96. The molecule has 1 aromatic rings. The van der Waals surface area contributed by atoms with E-state index in [-0.39, 0.29) is 5.54 Å². The molecule has 0 heterocycles. The van der Waals surface area contributed by atoms with Crippen LogP contribution in [-0.4, -0.2) is 5.54 Å². The Morgan fingerprint density at radius 3 is 1.76 bits per heavy atom. The summed E-state index contributed by atoms with van der Waals surface area (Å²) in [5, 5.41) is 0. The third-order valence-electron chi connectivity index (χ3n) is 5.67. The van der Waals surface area contributed by atoms with Crippen molar-refractivity contribution in [3.8, 4) is 0 Å². The van der Waals surface area contributed by atoms with Gasteiger partial charge in [0.05, 0.1) is 0 Å². The van der Waals surface area contributed by atoms with Gasteiger partial charge in [-0.05, 0) is 24.8 Å². The lowest BCUT2D eigenvalue weighted by Gasteiger charge is -2.38. The van der Waals surface area contributed by atoms with Gasteiger partial charge in [0.1, 0.15) is 0 Å². The van der Waals surface area contributed by atoms with E-state index in [1.54, 1.807) is 0 Å². The van der Waals surface area contributed by atoms with Gasteiger partial charge in [0.25, 0.3) is 0 Å². The summed E-state index contributed by atoms with van der Waals surface area (Å²) in [6.45, 7) is 6.83. The highest BCUT2D eigenvalue weighted by atomic mass is 14.8. The molecule has 0 fully saturated rings. The molecule has 0 aromatic heterocycles. The Labute approximate surface area is 157 Å². The van der Waals surface area contributed by atoms with Crippen LogP contribution in [0.5, 0.6) is 0 Å². The molecule has 1 aromatic carbocycles. The summed E-state index contributed by atoms with van der Waals surface area (Å²) < 4.78 is 0. The Morgan fingerprint density at radius 1 is 0.720 bits per heavy atom. The van der Waals surface area contributed by atoms with Crippen molar-refractivity contribution in [1.29, 1.82) is 0 Å². The molecule has 0 saturated carbocycles. The Balaban J connectivity index is 2.58. The average Bonchev–Trinajstić information content (AvgIpc) is 2.61. The SMILES string of the molecule is CCCCCCCCCCC(c1ccccc1)C(N)(CCC)CCC. The van der Waals surface area contributed by atoms with Crippen LogP contribution in [0.2, 0.25) is 0 Å². The van der Waals surface area contributed by atoms with Crippen molar-refractivity contribution in [2.45, 2.75) is 116 Å². The van der Waals surface area contributed by atoms with Crippen LogP contribution in [0.1, 0.15) is 116 Å². The number of hydrogen-bond donors (Lipinski definition) is 1. The van der Waals surface area contributed by atoms with E-state index in [1.165, 1.54) is 76.2 Å². The molecule has 0 radical (unpaired) electrons. The van der Waals surface area contributed by atoms with Crippen molar-refractivity contribution in [3.05, 3.63) is 35.9 Å². The topological polar surface area (TPSA) is 26.0 Å². The van der Waals surface area contributed by atoms with Crippen molar-refractivity contribution in [2.75, 3.05) is 0 Å². The van der Waals surface area contributed by atoms with Crippen LogP contribution in [-0.2, 0) is 0 Å². The minimum Gasteiger partial charge on any atom is -0.325 e. The summed E-state index contributed by atoms with van der Waals surface area (Å²) in [7, 11) is 0. The zero-order valence-electron chi connectivity index (χ0n) is 17.2. The predicted molar refractivity (Wildman–Crippen MR) is 113 cm³/mol. The Kier molecular flexibility index (Phi) is 11.9. The Bertz CT molecular complexity index is 405. The van der Waals surface area contributed by atoms with Gasteiger partial charge in [-0.3, -0.25) is 0 Å². The zero-order valence-corrected chi connectivity index (χ0v) is 17.2. The molecule has 25 heavy (non-hydrogen) atoms. The molecule has 0 aliphatic carbocycles. The maximum atomic E-state index is 6.99. The van der Waals surface area contributed by atoms with Crippen LogP contribution in [0.4, 0.5) is 0 Å². The largest absolute Gasteiger partial charge is 0.325 e. The lowest BCUT2D eigenvalue weighted by atomic mass is 9.72. The first-order valence-electron chi connectivity index (χ1n) is 11.0. The Hall–Kier alpha value is -0.820. The normalized spacial score (nSPS) is 13.1. The molecular weight excluding hydrogens is 302 g/mol. The molecule has 0 aliphatic rings. The van der Waals surface area contributed by atoms with E-state index in [2.05, 4.69) is 51.1 Å². The highest BCUT2D eigenvalue weighted by Gasteiger charge is 2.33. The lowest BCUT2D eigenvalue weighted by Crippen LogP contribution is -2.45. The second kappa shape index (κ2) is 13.4. The number of unbranched alkanes of at least 4 members (excludes halogenated alkanes) is 7. The molecule has 1 nitrogen and oxygen atoms in total. The fourth-order valence-corrected chi connectivity index (χ4v) is 4.36. The summed E-state index contributed by atoms with van der Waals surface area (Å²) >= 11 is 0. The number of nitrogens with two attached hydrogens (primary N) is 1. The van der Waals surface area contributed by atoms with Crippen LogP contribution in [0.3, 0.4) is 0 Å². The minimum absolute atomic E-state index is 0.0357. The predicted octanol–water partition coefficient (Wildman–Crippen LogP) is 7.60. The van der Waals surface area contributed by atoms with Gasteiger partial charge in [-0.25, -0.2) is 0 Å². The molecule has 144 valence electrons. The molecule has 0 saturated heterocycles. The number of benzene rings is 1. The average molecular weight is 346 g/mol. The molecule has 1 rings (SSSR count). The van der Waals surface area contributed by atoms with Crippen molar-refractivity contribution >= 4 is 0 Å². The molecule has 0 aliphatic heterocycles. The summed E-state index contributed by atoms with van der Waals surface area (Å²) in [5.41, 5.74) is 8.41. The van der Waals surface area contributed by atoms with Crippen LogP contribution >= 0.6 is 0 Å². The highest BCUT2D eigenvalue weighted by Crippen LogP contribution is 2.37. The van der Waals surface area contributed by atoms with Gasteiger partial charge in [-0.1, -0.05) is 115 Å². The third kappa shape index (κ3) is 8.40. The van der Waals surface area contributed by atoms with Gasteiger partial charge in [0.2, 0.25) is 0 Å². The first-order chi connectivity index (χ1) is 12.2. The molecule has 0 amide bonds. The van der Waals surface area contributed by atoms with E-state index in [9.17, 15) is 0 Å². The number of rotatable bonds is 15. The highest BCUT2D eigenvalue weighted by molar-refractivity contribution is 5.24. The van der Waals surface area contributed by atoms with E-state index < -0.39 is 0 Å². The summed E-state index contributed by atoms with van der Waals surface area (Å²) in [6, 6.07) is 11.1. The van der Waals surface area contributed by atoms with Gasteiger partial charge < -0.3 is 5.73 Å². The van der Waals surface area contributed by atoms with E-state index in [0.717, 1.165) is 12.8 Å². The monoisotopic (exact) mass is 345 g/mol. The van der Waals surface area contributed by atoms with Gasteiger partial charge in [-0.15, -0.1) is 0 Å². The van der Waals surface area contributed by atoms with Crippen LogP contribution in [0.25, 0.3) is 0 Å². The first kappa shape index (κ1) is 22.2. The van der Waals surface area contributed by atoms with E-state index in [0.29, 0.717) is 5.92 Å². The number of hydrogen-bond acceptors (Lipinski definition) is 1. The molecular formula is C24H43N. The van der Waals surface area contributed by atoms with Crippen LogP contribution in [0, 0.1) is 0 Å². The van der Waals surface area contributed by atoms with Crippen molar-refractivity contribution in [3.63, 3.8) is 0 Å². The van der Waals surface area contributed by atoms with E-state index >= 15 is 0 Å². The zero-order chi connectivity index (χ0) is 18.4. The van der Waals surface area contributed by atoms with E-state index in [1.807, 2.05) is 0 Å². The maximum Gasteiger partial charge on any atom is 0.0223 e. The van der Waals surface area contributed by atoms with Crippen molar-refractivity contribution < 1.29 is 0 Å². The van der Waals surface area contributed by atoms with Crippen LogP contribution in [0.15, 0.2) is 30.3 Å². The molecule has 1 atom stereocenters. The standard InChI is InChI=1S/C24H43N/c1-4-7-8-9-10-11-12-16-19-23(22-17-14-13-15-18-22)24(25,20-5-2)21-6-3/h13-15,17-18,23H,4-12,16,19-21,25H2,1-3H3. The van der Waals surface area contributed by atoms with Gasteiger partial charge in [0, 0.05) is 11.5 Å². The maximum absolute atomic E-state index is 6.99. The van der Waals surface area contributed by atoms with E-state index in [4.69, 9.17) is 5.73 Å². The smallest absolute Gasteiger partial charge is 0.0223 e. The Morgan fingerprint density at radius 2 is 1.24 bits per heavy atom. The molecule has 0 bridgehead atoms. The molecule has 2 N–H and O–H groups in total. The fourth-order valence-electron chi connectivity index (χ4n) is 4.36. The molecule has 1 heteroatoms. The van der Waals surface area contributed by atoms with Gasteiger partial charge in [-0.2, -0.15) is 0 Å². The van der Waals surface area contributed by atoms with Gasteiger partial charge >= 0.3 is 0 Å². The van der Waals surface area contributed by atoms with Crippen LogP contribution < -0.4 is 5.73 Å². The lowest BCUT2D eigenvalue weighted by molar-refractivity contribution is 0.275. The molecule has 1 unspecified atom stereocenters. The minimum atomic E-state index is -0.0357. The summed E-state index contributed by atoms with van der Waals surface area (Å²) in [5.74, 6) is 0.508. The second-order valence-electron chi connectivity index (χ2n) is 7.96. The summed E-state index contributed by atoms with van der Waals surface area (Å²) in [6.07, 6.45) is 16.9. The molecule has 0 spiro atoms.